The zero-order chi connectivity index (χ0) is 34.5. The van der Waals surface area contributed by atoms with Crippen molar-refractivity contribution in [2.75, 3.05) is 20.8 Å². The molecule has 12 heteroatoms. The van der Waals surface area contributed by atoms with E-state index in [0.717, 1.165) is 0 Å². The van der Waals surface area contributed by atoms with E-state index in [1.54, 1.807) is 68.5 Å². The fourth-order valence-corrected chi connectivity index (χ4v) is 6.65. The maximum atomic E-state index is 14.2. The SMILES string of the molecule is CCOC(=O)C1=C(C)N=c2s/c(=C\c3cc(Cl)c(OCc4ccccc4C#N)c(OC)c3)c(=O)n2[C@H]1c1ccc(OC(C)C)c(OC)c1. The Kier molecular flexibility index (Phi) is 10.6. The van der Waals surface area contributed by atoms with Crippen molar-refractivity contribution in [1.29, 1.82) is 5.26 Å². The average molecular weight is 688 g/mol. The third-order valence-corrected chi connectivity index (χ3v) is 8.71. The number of allylic oxidation sites excluding steroid dienone is 1. The summed E-state index contributed by atoms with van der Waals surface area (Å²) in [7, 11) is 3.02. The smallest absolute Gasteiger partial charge is 0.338 e. The van der Waals surface area contributed by atoms with E-state index in [0.29, 0.717) is 60.3 Å². The summed E-state index contributed by atoms with van der Waals surface area (Å²) in [6.45, 7) is 7.53. The lowest BCUT2D eigenvalue weighted by molar-refractivity contribution is -0.139. The molecule has 4 aromatic rings. The van der Waals surface area contributed by atoms with Crippen molar-refractivity contribution in [3.8, 4) is 29.1 Å². The first-order valence-electron chi connectivity index (χ1n) is 15.1. The van der Waals surface area contributed by atoms with E-state index in [9.17, 15) is 14.9 Å². The number of ether oxygens (including phenoxy) is 5. The highest BCUT2D eigenvalue weighted by Gasteiger charge is 2.34. The molecule has 0 bridgehead atoms. The van der Waals surface area contributed by atoms with Gasteiger partial charge in [-0.25, -0.2) is 9.79 Å². The summed E-state index contributed by atoms with van der Waals surface area (Å²) < 4.78 is 30.4. The van der Waals surface area contributed by atoms with Crippen molar-refractivity contribution >= 4 is 35.0 Å². The molecular weight excluding hydrogens is 654 g/mol. The predicted molar refractivity (Wildman–Crippen MR) is 183 cm³/mol. The zero-order valence-electron chi connectivity index (χ0n) is 27.3. The lowest BCUT2D eigenvalue weighted by Crippen LogP contribution is -2.40. The van der Waals surface area contributed by atoms with Crippen LogP contribution in [0.25, 0.3) is 6.08 Å². The standard InChI is InChI=1S/C36H34ClN3O7S/c1-7-45-35(42)31-21(4)39-36-40(32(31)23-12-13-27(47-20(2)3)28(17-23)43-5)34(41)30(48-36)16-22-14-26(37)33(29(15-22)44-6)46-19-25-11-9-8-10-24(25)18-38/h8-17,20,32H,7,19H2,1-6H3/b30-16-/t32-/m0/s1. The van der Waals surface area contributed by atoms with E-state index in [2.05, 4.69) is 11.1 Å². The highest BCUT2D eigenvalue weighted by molar-refractivity contribution is 7.07. The van der Waals surface area contributed by atoms with Gasteiger partial charge in [-0.05, 0) is 75.2 Å². The fraction of sp³-hybridized carbons (Fsp3) is 0.278. The van der Waals surface area contributed by atoms with Crippen molar-refractivity contribution in [2.24, 2.45) is 4.99 Å². The quantitative estimate of drug-likeness (QED) is 0.184. The summed E-state index contributed by atoms with van der Waals surface area (Å²) in [5.41, 5.74) is 2.74. The molecule has 3 aromatic carbocycles. The molecule has 48 heavy (non-hydrogen) atoms. The van der Waals surface area contributed by atoms with Crippen LogP contribution < -0.4 is 33.8 Å². The zero-order valence-corrected chi connectivity index (χ0v) is 28.9. The van der Waals surface area contributed by atoms with Crippen LogP contribution in [-0.2, 0) is 16.1 Å². The molecule has 0 aliphatic carbocycles. The minimum Gasteiger partial charge on any atom is -0.493 e. The second-order valence-electron chi connectivity index (χ2n) is 11.0. The number of hydrogen-bond donors (Lipinski definition) is 0. The van der Waals surface area contributed by atoms with Crippen molar-refractivity contribution in [1.82, 2.24) is 4.57 Å². The molecule has 0 fully saturated rings. The van der Waals surface area contributed by atoms with Gasteiger partial charge in [0.05, 0.1) is 65.4 Å². The third-order valence-electron chi connectivity index (χ3n) is 7.44. The molecule has 0 saturated heterocycles. The number of fused-ring (bicyclic) bond motifs is 1. The number of carbonyl (C=O) groups excluding carboxylic acids is 1. The molecule has 2 heterocycles. The van der Waals surface area contributed by atoms with Gasteiger partial charge in [-0.15, -0.1) is 0 Å². The number of esters is 1. The van der Waals surface area contributed by atoms with Gasteiger partial charge >= 0.3 is 5.97 Å². The summed E-state index contributed by atoms with van der Waals surface area (Å²) in [6.07, 6.45) is 1.60. The Morgan fingerprint density at radius 2 is 1.85 bits per heavy atom. The largest absolute Gasteiger partial charge is 0.493 e. The molecule has 0 unspecified atom stereocenters. The van der Waals surface area contributed by atoms with Gasteiger partial charge in [0.2, 0.25) is 0 Å². The van der Waals surface area contributed by atoms with Crippen LogP contribution in [0.15, 0.2) is 75.7 Å². The average Bonchev–Trinajstić information content (AvgIpc) is 3.36. The van der Waals surface area contributed by atoms with Crippen LogP contribution in [0.5, 0.6) is 23.0 Å². The molecule has 0 N–H and O–H groups in total. The third kappa shape index (κ3) is 6.95. The number of benzene rings is 3. The van der Waals surface area contributed by atoms with Gasteiger partial charge in [-0.1, -0.05) is 47.2 Å². The van der Waals surface area contributed by atoms with Crippen molar-refractivity contribution in [3.63, 3.8) is 0 Å². The Hall–Kier alpha value is -5.05. The number of nitrogens with zero attached hydrogens (tertiary/aromatic N) is 3. The normalized spacial score (nSPS) is 14.2. The van der Waals surface area contributed by atoms with E-state index >= 15 is 0 Å². The second kappa shape index (κ2) is 14.8. The first-order valence-corrected chi connectivity index (χ1v) is 16.3. The summed E-state index contributed by atoms with van der Waals surface area (Å²) in [4.78, 5) is 32.6. The van der Waals surface area contributed by atoms with Crippen molar-refractivity contribution < 1.29 is 28.5 Å². The fourth-order valence-electron chi connectivity index (χ4n) is 5.33. The van der Waals surface area contributed by atoms with Crippen LogP contribution in [0.3, 0.4) is 0 Å². The molecule has 1 aliphatic heterocycles. The summed E-state index contributed by atoms with van der Waals surface area (Å²) in [6, 6.07) is 17.1. The van der Waals surface area contributed by atoms with Crippen LogP contribution in [0, 0.1) is 11.3 Å². The Morgan fingerprint density at radius 3 is 2.54 bits per heavy atom. The van der Waals surface area contributed by atoms with Gasteiger partial charge in [0.1, 0.15) is 6.61 Å². The first-order chi connectivity index (χ1) is 23.1. The van der Waals surface area contributed by atoms with Gasteiger partial charge in [-0.3, -0.25) is 9.36 Å². The molecular formula is C36H34ClN3O7S. The van der Waals surface area contributed by atoms with E-state index in [1.807, 2.05) is 19.9 Å². The van der Waals surface area contributed by atoms with Crippen LogP contribution in [-0.4, -0.2) is 37.5 Å². The van der Waals surface area contributed by atoms with Crippen LogP contribution in [0.2, 0.25) is 5.02 Å². The van der Waals surface area contributed by atoms with Crippen molar-refractivity contribution in [2.45, 2.75) is 46.4 Å². The van der Waals surface area contributed by atoms with E-state index in [1.165, 1.54) is 30.1 Å². The molecule has 10 nitrogen and oxygen atoms in total. The van der Waals surface area contributed by atoms with Gasteiger partial charge in [0, 0.05) is 5.56 Å². The number of rotatable bonds is 11. The van der Waals surface area contributed by atoms with E-state index < -0.39 is 12.0 Å². The van der Waals surface area contributed by atoms with Crippen LogP contribution in [0.4, 0.5) is 0 Å². The summed E-state index contributed by atoms with van der Waals surface area (Å²) >= 11 is 7.85. The number of nitriles is 1. The lowest BCUT2D eigenvalue weighted by atomic mass is 9.95. The highest BCUT2D eigenvalue weighted by atomic mass is 35.5. The number of aromatic nitrogens is 1. The Bertz CT molecular complexity index is 2130. The molecule has 0 amide bonds. The first kappa shape index (κ1) is 34.3. The molecule has 1 atom stereocenters. The van der Waals surface area contributed by atoms with E-state index in [-0.39, 0.29) is 35.5 Å². The minimum absolute atomic E-state index is 0.0901. The monoisotopic (exact) mass is 687 g/mol. The second-order valence-corrected chi connectivity index (χ2v) is 12.4. The molecule has 0 saturated carbocycles. The number of halogens is 1. The number of thiazole rings is 1. The Labute approximate surface area is 286 Å². The molecule has 5 rings (SSSR count). The number of hydrogen-bond acceptors (Lipinski definition) is 10. The molecule has 1 aromatic heterocycles. The minimum atomic E-state index is -0.838. The maximum Gasteiger partial charge on any atom is 0.338 e. The molecule has 0 radical (unpaired) electrons. The van der Waals surface area contributed by atoms with Gasteiger partial charge < -0.3 is 23.7 Å². The van der Waals surface area contributed by atoms with Crippen LogP contribution in [0.1, 0.15) is 56.0 Å². The van der Waals surface area contributed by atoms with Gasteiger partial charge in [-0.2, -0.15) is 5.26 Å². The molecule has 248 valence electrons. The summed E-state index contributed by atoms with van der Waals surface area (Å²) in [5, 5.41) is 9.69. The molecule has 1 aliphatic rings. The van der Waals surface area contributed by atoms with Crippen LogP contribution >= 0.6 is 22.9 Å². The van der Waals surface area contributed by atoms with Gasteiger partial charge in [0.15, 0.2) is 27.8 Å². The van der Waals surface area contributed by atoms with Gasteiger partial charge in [0.25, 0.3) is 5.56 Å². The Balaban J connectivity index is 1.60. The number of carbonyl (C=O) groups is 1. The number of methoxy groups -OCH3 is 2. The van der Waals surface area contributed by atoms with E-state index in [4.69, 9.17) is 35.3 Å². The Morgan fingerprint density at radius 1 is 1.10 bits per heavy atom. The highest BCUT2D eigenvalue weighted by Crippen LogP contribution is 2.38. The summed E-state index contributed by atoms with van der Waals surface area (Å²) in [5.74, 6) is 1.09. The topological polar surface area (TPSA) is 121 Å². The lowest BCUT2D eigenvalue weighted by Gasteiger charge is -2.25. The van der Waals surface area contributed by atoms with Crippen molar-refractivity contribution in [3.05, 3.63) is 113 Å². The maximum absolute atomic E-state index is 14.2. The predicted octanol–water partition coefficient (Wildman–Crippen LogP) is 5.71. The molecule has 0 spiro atoms.